The number of carbonyl (C=O) groups excluding carboxylic acids is 1. The first-order valence-corrected chi connectivity index (χ1v) is 9.69. The molecule has 2 aliphatic heterocycles. The minimum Gasteiger partial charge on any atom is -0.387 e. The van der Waals surface area contributed by atoms with Gasteiger partial charge in [-0.3, -0.25) is 14.7 Å². The number of aromatic nitrogens is 2. The molecule has 1 saturated heterocycles. The maximum absolute atomic E-state index is 12.4. The minimum atomic E-state index is -0.389. The molecule has 7 nitrogen and oxygen atoms in total. The highest BCUT2D eigenvalue weighted by Gasteiger charge is 2.44. The molecule has 1 amide bonds. The molecule has 2 aromatic rings. The smallest absolute Gasteiger partial charge is 0.269 e. The van der Waals surface area contributed by atoms with Crippen LogP contribution >= 0.6 is 11.3 Å². The molecular formula is C18H21N5O2S. The van der Waals surface area contributed by atoms with E-state index in [1.165, 1.54) is 11.3 Å². The van der Waals surface area contributed by atoms with Crippen molar-refractivity contribution in [2.75, 3.05) is 13.1 Å². The number of carbonyl (C=O) groups is 1. The van der Waals surface area contributed by atoms with Crippen molar-refractivity contribution >= 4 is 23.0 Å². The van der Waals surface area contributed by atoms with Crippen molar-refractivity contribution in [3.63, 3.8) is 0 Å². The number of hydrogen-bond donors (Lipinski definition) is 1. The van der Waals surface area contributed by atoms with Crippen LogP contribution in [0.4, 0.5) is 0 Å². The van der Waals surface area contributed by atoms with Crippen LogP contribution in [0.3, 0.4) is 0 Å². The second-order valence-electron chi connectivity index (χ2n) is 6.79. The van der Waals surface area contributed by atoms with E-state index in [1.54, 1.807) is 5.51 Å². The van der Waals surface area contributed by atoms with Crippen molar-refractivity contribution in [3.05, 3.63) is 46.7 Å². The quantitative estimate of drug-likeness (QED) is 0.869. The molecule has 8 heteroatoms. The fraction of sp³-hybridized carbons (Fsp3) is 0.444. The van der Waals surface area contributed by atoms with Crippen LogP contribution in [0.1, 0.15) is 30.7 Å². The molecule has 136 valence electrons. The van der Waals surface area contributed by atoms with Gasteiger partial charge in [0.1, 0.15) is 5.71 Å². The summed E-state index contributed by atoms with van der Waals surface area (Å²) in [6.45, 7) is 2.97. The fourth-order valence-corrected chi connectivity index (χ4v) is 4.06. The lowest BCUT2D eigenvalue weighted by atomic mass is 9.88. The van der Waals surface area contributed by atoms with E-state index in [9.17, 15) is 4.79 Å². The van der Waals surface area contributed by atoms with Gasteiger partial charge in [-0.2, -0.15) is 0 Å². The number of rotatable bonds is 5. The average molecular weight is 371 g/mol. The second-order valence-corrected chi connectivity index (χ2v) is 7.51. The maximum atomic E-state index is 12.4. The maximum Gasteiger partial charge on any atom is 0.269 e. The molecule has 1 atom stereocenters. The van der Waals surface area contributed by atoms with Crippen LogP contribution < -0.4 is 5.32 Å². The predicted octanol–water partition coefficient (Wildman–Crippen LogP) is 1.97. The normalized spacial score (nSPS) is 22.8. The van der Waals surface area contributed by atoms with Crippen molar-refractivity contribution in [1.82, 2.24) is 20.2 Å². The van der Waals surface area contributed by atoms with Crippen LogP contribution in [-0.4, -0.2) is 45.2 Å². The van der Waals surface area contributed by atoms with Crippen LogP contribution in [0.5, 0.6) is 0 Å². The summed E-state index contributed by atoms with van der Waals surface area (Å²) >= 11 is 1.51. The van der Waals surface area contributed by atoms with Gasteiger partial charge in [-0.1, -0.05) is 11.2 Å². The number of nitrogens with one attached hydrogen (secondary N) is 1. The Morgan fingerprint density at radius 1 is 1.35 bits per heavy atom. The lowest BCUT2D eigenvalue weighted by Gasteiger charge is -2.38. The minimum absolute atomic E-state index is 0.170. The number of thiazole rings is 1. The highest BCUT2D eigenvalue weighted by atomic mass is 32.1. The highest BCUT2D eigenvalue weighted by molar-refractivity contribution is 7.07. The number of oxime groups is 1. The Bertz CT molecular complexity index is 780. The molecule has 4 heterocycles. The van der Waals surface area contributed by atoms with Gasteiger partial charge in [0.2, 0.25) is 0 Å². The van der Waals surface area contributed by atoms with Crippen LogP contribution in [0, 0.1) is 0 Å². The number of likely N-dealkylation sites (tertiary alicyclic amines) is 1. The summed E-state index contributed by atoms with van der Waals surface area (Å²) in [6.07, 6.45) is 4.30. The Kier molecular flexibility index (Phi) is 4.94. The summed E-state index contributed by atoms with van der Waals surface area (Å²) in [6, 6.07) is 5.96. The first-order valence-electron chi connectivity index (χ1n) is 8.75. The summed E-state index contributed by atoms with van der Waals surface area (Å²) < 4.78 is 0. The third-order valence-electron chi connectivity index (χ3n) is 4.74. The summed E-state index contributed by atoms with van der Waals surface area (Å²) in [5.74, 6) is -0.170. The Hall–Kier alpha value is -2.32. The summed E-state index contributed by atoms with van der Waals surface area (Å²) in [4.78, 5) is 29.0. The molecule has 1 N–H and O–H groups in total. The lowest BCUT2D eigenvalue weighted by molar-refractivity contribution is -0.115. The number of nitrogens with zero attached hydrogens (tertiary/aromatic N) is 4. The van der Waals surface area contributed by atoms with Gasteiger partial charge in [-0.05, 0) is 31.5 Å². The summed E-state index contributed by atoms with van der Waals surface area (Å²) in [5, 5.41) is 8.89. The zero-order valence-electron chi connectivity index (χ0n) is 14.4. The molecule has 0 unspecified atom stereocenters. The van der Waals surface area contributed by atoms with E-state index in [0.717, 1.165) is 43.9 Å². The van der Waals surface area contributed by atoms with Crippen molar-refractivity contribution in [2.24, 2.45) is 5.16 Å². The van der Waals surface area contributed by atoms with E-state index < -0.39 is 0 Å². The van der Waals surface area contributed by atoms with Gasteiger partial charge >= 0.3 is 0 Å². The molecule has 0 bridgehead atoms. The first-order chi connectivity index (χ1) is 12.7. The van der Waals surface area contributed by atoms with Gasteiger partial charge in [0.15, 0.2) is 5.60 Å². The van der Waals surface area contributed by atoms with Crippen molar-refractivity contribution in [3.8, 4) is 0 Å². The Morgan fingerprint density at radius 3 is 3.12 bits per heavy atom. The molecule has 1 spiro atoms. The molecule has 2 aliphatic rings. The van der Waals surface area contributed by atoms with E-state index in [0.29, 0.717) is 18.7 Å². The predicted molar refractivity (Wildman–Crippen MR) is 98.6 cm³/mol. The number of piperidine rings is 1. The third-order valence-corrected chi connectivity index (χ3v) is 5.38. The first kappa shape index (κ1) is 17.1. The Labute approximate surface area is 156 Å². The highest BCUT2D eigenvalue weighted by Crippen LogP contribution is 2.33. The monoisotopic (exact) mass is 371 g/mol. The summed E-state index contributed by atoms with van der Waals surface area (Å²) in [5.41, 5.74) is 3.74. The Balaban J connectivity index is 1.32. The molecule has 0 saturated carbocycles. The van der Waals surface area contributed by atoms with E-state index in [4.69, 9.17) is 4.84 Å². The number of pyridine rings is 1. The fourth-order valence-electron chi connectivity index (χ4n) is 3.51. The zero-order valence-corrected chi connectivity index (χ0v) is 15.2. The van der Waals surface area contributed by atoms with Gasteiger partial charge in [-0.15, -0.1) is 11.3 Å². The summed E-state index contributed by atoms with van der Waals surface area (Å²) in [7, 11) is 0. The van der Waals surface area contributed by atoms with Crippen LogP contribution in [-0.2, 0) is 22.7 Å². The van der Waals surface area contributed by atoms with Gasteiger partial charge in [0.25, 0.3) is 5.91 Å². The molecule has 2 aromatic heterocycles. The molecular weight excluding hydrogens is 350 g/mol. The molecule has 1 fully saturated rings. The van der Waals surface area contributed by atoms with Gasteiger partial charge in [0.05, 0.1) is 23.4 Å². The van der Waals surface area contributed by atoms with E-state index in [-0.39, 0.29) is 11.5 Å². The van der Waals surface area contributed by atoms with Crippen LogP contribution in [0.25, 0.3) is 0 Å². The standard InChI is InChI=1S/C18H21N5O2S/c24-17(20-9-15-11-26-13-21-15)16-8-18(25-22-16)5-3-7-23(12-18)10-14-4-1-2-6-19-14/h1-2,4,6,11,13H,3,5,7-10,12H2,(H,20,24)/t18-/m0/s1. The lowest BCUT2D eigenvalue weighted by Crippen LogP contribution is -2.48. The van der Waals surface area contributed by atoms with E-state index in [1.807, 2.05) is 29.8 Å². The van der Waals surface area contributed by atoms with Crippen LogP contribution in [0.15, 0.2) is 40.4 Å². The molecule has 0 radical (unpaired) electrons. The molecule has 0 aliphatic carbocycles. The van der Waals surface area contributed by atoms with Crippen LogP contribution in [0.2, 0.25) is 0 Å². The SMILES string of the molecule is O=C(NCc1cscn1)C1=NO[C@@]2(CCCN(Cc3ccccn3)C2)C1. The number of amides is 1. The van der Waals surface area contributed by atoms with Crippen molar-refractivity contribution in [1.29, 1.82) is 0 Å². The van der Waals surface area contributed by atoms with Crippen molar-refractivity contribution < 1.29 is 9.63 Å². The average Bonchev–Trinajstić information content (AvgIpc) is 3.31. The topological polar surface area (TPSA) is 79.7 Å². The molecule has 4 rings (SSSR count). The molecule has 0 aromatic carbocycles. The van der Waals surface area contributed by atoms with E-state index in [2.05, 4.69) is 25.3 Å². The van der Waals surface area contributed by atoms with Crippen molar-refractivity contribution in [2.45, 2.75) is 38.0 Å². The molecule has 26 heavy (non-hydrogen) atoms. The van der Waals surface area contributed by atoms with Gasteiger partial charge in [0, 0.05) is 31.1 Å². The second kappa shape index (κ2) is 7.51. The largest absolute Gasteiger partial charge is 0.387 e. The van der Waals surface area contributed by atoms with Gasteiger partial charge in [-0.25, -0.2) is 4.98 Å². The van der Waals surface area contributed by atoms with Gasteiger partial charge < -0.3 is 10.2 Å². The van der Waals surface area contributed by atoms with E-state index >= 15 is 0 Å². The zero-order chi connectivity index (χ0) is 17.8. The Morgan fingerprint density at radius 2 is 2.31 bits per heavy atom. The third kappa shape index (κ3) is 3.91. The number of hydrogen-bond acceptors (Lipinski definition) is 7.